The zero-order valence-corrected chi connectivity index (χ0v) is 13.7. The molecule has 0 aliphatic carbocycles. The molecule has 1 N–H and O–H groups in total. The van der Waals surface area contributed by atoms with Crippen LogP contribution >= 0.6 is 22.7 Å². The maximum absolute atomic E-state index is 10.9. The lowest BCUT2D eigenvalue weighted by Crippen LogP contribution is -1.95. The number of thiophene rings is 1. The second-order valence-electron chi connectivity index (χ2n) is 5.00. The van der Waals surface area contributed by atoms with Crippen LogP contribution in [0.1, 0.15) is 27.6 Å². The Kier molecular flexibility index (Phi) is 4.36. The standard InChI is InChI=1S/C17H15NO2S2/c1-11-6-8-13(21-11)10-12(7-9-16(19)20)17-18-14-4-2-3-5-15(14)22-17/h2-6,8,10H,7,9H2,1H3,(H,19,20)/b12-10+. The summed E-state index contributed by atoms with van der Waals surface area (Å²) in [4.78, 5) is 18.0. The third-order valence-electron chi connectivity index (χ3n) is 3.25. The zero-order chi connectivity index (χ0) is 15.5. The van der Waals surface area contributed by atoms with Gasteiger partial charge in [-0.3, -0.25) is 4.79 Å². The topological polar surface area (TPSA) is 50.2 Å². The summed E-state index contributed by atoms with van der Waals surface area (Å²) in [6.45, 7) is 2.07. The number of allylic oxidation sites excluding steroid dienone is 1. The Bertz CT molecular complexity index is 812. The number of carbonyl (C=O) groups is 1. The van der Waals surface area contributed by atoms with E-state index in [4.69, 9.17) is 5.11 Å². The van der Waals surface area contributed by atoms with Crippen LogP contribution in [0.5, 0.6) is 0 Å². The van der Waals surface area contributed by atoms with E-state index >= 15 is 0 Å². The molecule has 3 rings (SSSR count). The van der Waals surface area contributed by atoms with Gasteiger partial charge in [0.15, 0.2) is 0 Å². The molecular weight excluding hydrogens is 314 g/mol. The van der Waals surface area contributed by atoms with Gasteiger partial charge >= 0.3 is 5.97 Å². The molecule has 2 heterocycles. The monoisotopic (exact) mass is 329 g/mol. The van der Waals surface area contributed by atoms with Gasteiger partial charge in [0.25, 0.3) is 0 Å². The van der Waals surface area contributed by atoms with E-state index in [0.29, 0.717) is 6.42 Å². The lowest BCUT2D eigenvalue weighted by Gasteiger charge is -2.01. The first-order valence-electron chi connectivity index (χ1n) is 6.96. The van der Waals surface area contributed by atoms with Crippen LogP contribution in [0.2, 0.25) is 0 Å². The predicted octanol–water partition coefficient (Wildman–Crippen LogP) is 5.07. The molecule has 0 aliphatic rings. The summed E-state index contributed by atoms with van der Waals surface area (Å²) in [5.41, 5.74) is 1.96. The smallest absolute Gasteiger partial charge is 0.303 e. The highest BCUT2D eigenvalue weighted by molar-refractivity contribution is 7.19. The number of hydrogen-bond donors (Lipinski definition) is 1. The van der Waals surface area contributed by atoms with E-state index in [1.165, 1.54) is 4.88 Å². The van der Waals surface area contributed by atoms with Crippen molar-refractivity contribution in [2.45, 2.75) is 19.8 Å². The second-order valence-corrected chi connectivity index (χ2v) is 7.35. The number of hydrogen-bond acceptors (Lipinski definition) is 4. The van der Waals surface area contributed by atoms with E-state index < -0.39 is 5.97 Å². The van der Waals surface area contributed by atoms with Gasteiger partial charge in [-0.05, 0) is 49.3 Å². The van der Waals surface area contributed by atoms with Crippen molar-refractivity contribution in [1.82, 2.24) is 4.98 Å². The largest absolute Gasteiger partial charge is 0.481 e. The quantitative estimate of drug-likeness (QED) is 0.711. The van der Waals surface area contributed by atoms with E-state index in [-0.39, 0.29) is 6.42 Å². The van der Waals surface area contributed by atoms with Crippen LogP contribution in [0.4, 0.5) is 0 Å². The van der Waals surface area contributed by atoms with Gasteiger partial charge in [-0.2, -0.15) is 0 Å². The number of rotatable bonds is 5. The van der Waals surface area contributed by atoms with Crippen LogP contribution in [0.25, 0.3) is 21.9 Å². The van der Waals surface area contributed by atoms with Crippen LogP contribution in [-0.2, 0) is 4.79 Å². The number of aromatic nitrogens is 1. The van der Waals surface area contributed by atoms with Gasteiger partial charge in [-0.15, -0.1) is 22.7 Å². The van der Waals surface area contributed by atoms with Crippen molar-refractivity contribution in [2.75, 3.05) is 0 Å². The molecule has 0 radical (unpaired) electrons. The molecule has 0 saturated heterocycles. The number of aryl methyl sites for hydroxylation is 1. The van der Waals surface area contributed by atoms with Crippen molar-refractivity contribution >= 4 is 50.5 Å². The molecule has 0 bridgehead atoms. The van der Waals surface area contributed by atoms with E-state index in [9.17, 15) is 4.79 Å². The number of thiazole rings is 1. The number of nitrogens with zero attached hydrogens (tertiary/aromatic N) is 1. The van der Waals surface area contributed by atoms with E-state index in [2.05, 4.69) is 30.1 Å². The summed E-state index contributed by atoms with van der Waals surface area (Å²) >= 11 is 3.32. The fourth-order valence-corrected chi connectivity index (χ4v) is 4.05. The highest BCUT2D eigenvalue weighted by atomic mass is 32.1. The first-order valence-corrected chi connectivity index (χ1v) is 8.60. The van der Waals surface area contributed by atoms with Crippen molar-refractivity contribution in [1.29, 1.82) is 0 Å². The number of aliphatic carboxylic acids is 1. The van der Waals surface area contributed by atoms with E-state index in [0.717, 1.165) is 25.7 Å². The minimum Gasteiger partial charge on any atom is -0.481 e. The maximum Gasteiger partial charge on any atom is 0.303 e. The fraction of sp³-hybridized carbons (Fsp3) is 0.176. The normalized spacial score (nSPS) is 12.0. The van der Waals surface area contributed by atoms with Gasteiger partial charge in [0, 0.05) is 16.2 Å². The Morgan fingerprint density at radius 1 is 1.18 bits per heavy atom. The second kappa shape index (κ2) is 6.42. The van der Waals surface area contributed by atoms with Gasteiger partial charge in [-0.1, -0.05) is 12.1 Å². The van der Waals surface area contributed by atoms with Gasteiger partial charge in [-0.25, -0.2) is 4.98 Å². The molecule has 112 valence electrons. The summed E-state index contributed by atoms with van der Waals surface area (Å²) in [5, 5.41) is 9.89. The van der Waals surface area contributed by atoms with E-state index in [1.807, 2.05) is 24.3 Å². The maximum atomic E-state index is 10.9. The molecule has 2 aromatic heterocycles. The van der Waals surface area contributed by atoms with E-state index in [1.54, 1.807) is 22.7 Å². The van der Waals surface area contributed by atoms with Crippen molar-refractivity contribution in [3.05, 3.63) is 51.2 Å². The molecule has 0 aliphatic heterocycles. The van der Waals surface area contributed by atoms with Crippen LogP contribution < -0.4 is 0 Å². The molecule has 0 unspecified atom stereocenters. The molecule has 5 heteroatoms. The Labute approximate surface area is 136 Å². The molecule has 0 saturated carbocycles. The summed E-state index contributed by atoms with van der Waals surface area (Å²) in [6.07, 6.45) is 2.68. The number of para-hydroxylation sites is 1. The molecular formula is C17H15NO2S2. The third kappa shape index (κ3) is 3.43. The number of benzene rings is 1. The molecule has 0 spiro atoms. The average molecular weight is 329 g/mol. The molecule has 3 nitrogen and oxygen atoms in total. The number of carboxylic acids is 1. The Morgan fingerprint density at radius 3 is 2.68 bits per heavy atom. The first-order chi connectivity index (χ1) is 10.6. The fourth-order valence-electron chi connectivity index (χ4n) is 2.19. The van der Waals surface area contributed by atoms with Gasteiger partial charge < -0.3 is 5.11 Å². The molecule has 1 aromatic carbocycles. The minimum atomic E-state index is -0.783. The molecule has 3 aromatic rings. The summed E-state index contributed by atoms with van der Waals surface area (Å²) < 4.78 is 1.13. The highest BCUT2D eigenvalue weighted by Crippen LogP contribution is 2.32. The van der Waals surface area contributed by atoms with Crippen LogP contribution in [-0.4, -0.2) is 16.1 Å². The number of fused-ring (bicyclic) bond motifs is 1. The van der Waals surface area contributed by atoms with Crippen molar-refractivity contribution < 1.29 is 9.90 Å². The summed E-state index contributed by atoms with van der Waals surface area (Å²) in [6, 6.07) is 12.1. The summed E-state index contributed by atoms with van der Waals surface area (Å²) in [5.74, 6) is -0.783. The molecule has 0 amide bonds. The lowest BCUT2D eigenvalue weighted by molar-refractivity contribution is -0.136. The van der Waals surface area contributed by atoms with Crippen LogP contribution in [0.15, 0.2) is 36.4 Å². The van der Waals surface area contributed by atoms with Crippen molar-refractivity contribution in [2.24, 2.45) is 0 Å². The first kappa shape index (κ1) is 14.9. The van der Waals surface area contributed by atoms with Crippen molar-refractivity contribution in [3.63, 3.8) is 0 Å². The molecule has 22 heavy (non-hydrogen) atoms. The van der Waals surface area contributed by atoms with Gasteiger partial charge in [0.05, 0.1) is 10.2 Å². The Balaban J connectivity index is 1.99. The van der Waals surface area contributed by atoms with Crippen molar-refractivity contribution in [3.8, 4) is 0 Å². The molecule has 0 atom stereocenters. The van der Waals surface area contributed by atoms with Gasteiger partial charge in [0.2, 0.25) is 0 Å². The zero-order valence-electron chi connectivity index (χ0n) is 12.1. The predicted molar refractivity (Wildman–Crippen MR) is 93.4 cm³/mol. The van der Waals surface area contributed by atoms with Gasteiger partial charge in [0.1, 0.15) is 5.01 Å². The van der Waals surface area contributed by atoms with Crippen LogP contribution in [0.3, 0.4) is 0 Å². The average Bonchev–Trinajstić information content (AvgIpc) is 3.09. The lowest BCUT2D eigenvalue weighted by atomic mass is 10.1. The SMILES string of the molecule is Cc1ccc(/C=C(\CCC(=O)O)c2nc3ccccc3s2)s1. The highest BCUT2D eigenvalue weighted by Gasteiger charge is 2.11. The van der Waals surface area contributed by atoms with Crippen LogP contribution in [0, 0.1) is 6.92 Å². The number of carboxylic acid groups (broad SMARTS) is 1. The molecule has 0 fully saturated rings. The minimum absolute atomic E-state index is 0.117. The Morgan fingerprint density at radius 2 is 2.00 bits per heavy atom. The Hall–Kier alpha value is -1.98. The third-order valence-corrected chi connectivity index (χ3v) is 5.31. The summed E-state index contributed by atoms with van der Waals surface area (Å²) in [7, 11) is 0.